The van der Waals surface area contributed by atoms with Crippen LogP contribution in [0.5, 0.6) is 0 Å². The van der Waals surface area contributed by atoms with E-state index in [9.17, 15) is 0 Å². The van der Waals surface area contributed by atoms with Gasteiger partial charge in [-0.15, -0.1) is 0 Å². The molecule has 0 N–H and O–H groups in total. The number of benzene rings is 3. The molecule has 168 valence electrons. The Balaban J connectivity index is 1.39. The van der Waals surface area contributed by atoms with Gasteiger partial charge in [-0.1, -0.05) is 72.8 Å². The van der Waals surface area contributed by atoms with Crippen molar-refractivity contribution in [2.24, 2.45) is 0 Å². The maximum absolute atomic E-state index is 6.46. The van der Waals surface area contributed by atoms with Crippen LogP contribution in [0.4, 0.5) is 5.69 Å². The van der Waals surface area contributed by atoms with Crippen LogP contribution in [0, 0.1) is 0 Å². The van der Waals surface area contributed by atoms with Crippen LogP contribution in [0.2, 0.25) is 0 Å². The summed E-state index contributed by atoms with van der Waals surface area (Å²) in [4.78, 5) is 9.72. The molecule has 2 aromatic heterocycles. The summed E-state index contributed by atoms with van der Waals surface area (Å²) in [6.07, 6.45) is 1.96. The van der Waals surface area contributed by atoms with Crippen molar-refractivity contribution in [3.63, 3.8) is 0 Å². The molecule has 0 aliphatic carbocycles. The van der Waals surface area contributed by atoms with Gasteiger partial charge in [0.1, 0.15) is 11.3 Å². The van der Waals surface area contributed by atoms with Crippen molar-refractivity contribution in [3.8, 4) is 33.6 Å². The van der Waals surface area contributed by atoms with E-state index in [0.717, 1.165) is 70.9 Å². The summed E-state index contributed by atoms with van der Waals surface area (Å²) in [5.41, 5.74) is 8.38. The number of pyridine rings is 1. The van der Waals surface area contributed by atoms with Crippen molar-refractivity contribution in [1.82, 2.24) is 9.88 Å². The zero-order valence-electron chi connectivity index (χ0n) is 19.3. The predicted molar refractivity (Wildman–Crippen MR) is 140 cm³/mol. The van der Waals surface area contributed by atoms with Crippen LogP contribution < -0.4 is 4.90 Å². The van der Waals surface area contributed by atoms with E-state index < -0.39 is 0 Å². The Labute approximate surface area is 200 Å². The second-order valence-electron chi connectivity index (χ2n) is 8.95. The number of fused-ring (bicyclic) bond motifs is 1. The summed E-state index contributed by atoms with van der Waals surface area (Å²) in [5, 5.41) is 0. The van der Waals surface area contributed by atoms with E-state index >= 15 is 0 Å². The van der Waals surface area contributed by atoms with Crippen molar-refractivity contribution in [2.45, 2.75) is 0 Å². The fourth-order valence-corrected chi connectivity index (χ4v) is 4.73. The van der Waals surface area contributed by atoms with Crippen LogP contribution in [0.3, 0.4) is 0 Å². The van der Waals surface area contributed by atoms with Gasteiger partial charge < -0.3 is 14.2 Å². The first-order chi connectivity index (χ1) is 16.8. The minimum atomic E-state index is 0.804. The van der Waals surface area contributed by atoms with Crippen LogP contribution in [-0.4, -0.2) is 43.1 Å². The van der Waals surface area contributed by atoms with Crippen molar-refractivity contribution in [3.05, 3.63) is 97.2 Å². The van der Waals surface area contributed by atoms with Gasteiger partial charge in [-0.3, -0.25) is 4.98 Å². The summed E-state index contributed by atoms with van der Waals surface area (Å²) < 4.78 is 6.46. The summed E-state index contributed by atoms with van der Waals surface area (Å²) in [6, 6.07) is 31.6. The van der Waals surface area contributed by atoms with E-state index in [1.165, 1.54) is 5.69 Å². The first-order valence-electron chi connectivity index (χ1n) is 11.8. The number of aromatic nitrogens is 1. The molecule has 5 aromatic rings. The molecule has 0 bridgehead atoms. The van der Waals surface area contributed by atoms with E-state index in [4.69, 9.17) is 9.40 Å². The second-order valence-corrected chi connectivity index (χ2v) is 8.95. The van der Waals surface area contributed by atoms with E-state index in [1.807, 2.05) is 30.5 Å². The maximum atomic E-state index is 6.46. The number of hydrogen-bond acceptors (Lipinski definition) is 4. The number of anilines is 1. The normalized spacial score (nSPS) is 14.6. The molecule has 6 rings (SSSR count). The smallest absolute Gasteiger partial charge is 0.154 e. The minimum Gasteiger partial charge on any atom is -0.454 e. The molecule has 4 nitrogen and oxygen atoms in total. The summed E-state index contributed by atoms with van der Waals surface area (Å²) >= 11 is 0. The van der Waals surface area contributed by atoms with Gasteiger partial charge >= 0.3 is 0 Å². The average Bonchev–Trinajstić information content (AvgIpc) is 3.29. The van der Waals surface area contributed by atoms with Gasteiger partial charge in [0.15, 0.2) is 5.58 Å². The Morgan fingerprint density at radius 1 is 0.676 bits per heavy atom. The molecule has 1 fully saturated rings. The minimum absolute atomic E-state index is 0.804. The summed E-state index contributed by atoms with van der Waals surface area (Å²) in [7, 11) is 2.19. The molecule has 1 saturated heterocycles. The van der Waals surface area contributed by atoms with Gasteiger partial charge in [0.2, 0.25) is 0 Å². The van der Waals surface area contributed by atoms with E-state index in [0.29, 0.717) is 0 Å². The number of furan rings is 1. The first-order valence-corrected chi connectivity index (χ1v) is 11.8. The fourth-order valence-electron chi connectivity index (χ4n) is 4.73. The molecular formula is C30H27N3O. The Hall–Kier alpha value is -3.89. The summed E-state index contributed by atoms with van der Waals surface area (Å²) in [5.74, 6) is 0.858. The first kappa shape index (κ1) is 20.7. The van der Waals surface area contributed by atoms with Gasteiger partial charge in [0.25, 0.3) is 0 Å². The molecule has 0 amide bonds. The zero-order chi connectivity index (χ0) is 22.9. The molecule has 0 saturated carbocycles. The highest BCUT2D eigenvalue weighted by Gasteiger charge is 2.19. The summed E-state index contributed by atoms with van der Waals surface area (Å²) in [6.45, 7) is 4.35. The number of nitrogens with zero attached hydrogens (tertiary/aromatic N) is 3. The van der Waals surface area contributed by atoms with Crippen LogP contribution in [0.15, 0.2) is 102 Å². The number of rotatable bonds is 4. The third-order valence-corrected chi connectivity index (χ3v) is 6.70. The third kappa shape index (κ3) is 3.87. The largest absolute Gasteiger partial charge is 0.454 e. The molecule has 1 aliphatic rings. The monoisotopic (exact) mass is 445 g/mol. The van der Waals surface area contributed by atoms with Crippen molar-refractivity contribution in [1.29, 1.82) is 0 Å². The van der Waals surface area contributed by atoms with Crippen LogP contribution in [-0.2, 0) is 0 Å². The Bertz CT molecular complexity index is 1400. The van der Waals surface area contributed by atoms with Gasteiger partial charge in [-0.25, -0.2) is 0 Å². The lowest BCUT2D eigenvalue weighted by atomic mass is 10.0. The molecule has 4 heteroatoms. The molecular weight excluding hydrogens is 418 g/mol. The topological polar surface area (TPSA) is 32.5 Å². The lowest BCUT2D eigenvalue weighted by Crippen LogP contribution is -2.44. The molecule has 0 radical (unpaired) electrons. The fraction of sp³-hybridized carbons (Fsp3) is 0.167. The van der Waals surface area contributed by atoms with Gasteiger partial charge in [0.05, 0.1) is 5.56 Å². The van der Waals surface area contributed by atoms with E-state index in [1.54, 1.807) is 0 Å². The van der Waals surface area contributed by atoms with Gasteiger partial charge in [-0.2, -0.15) is 0 Å². The second kappa shape index (κ2) is 8.81. The molecule has 0 unspecified atom stereocenters. The van der Waals surface area contributed by atoms with Crippen molar-refractivity contribution >= 4 is 16.8 Å². The van der Waals surface area contributed by atoms with Crippen LogP contribution in [0.1, 0.15) is 0 Å². The molecule has 34 heavy (non-hydrogen) atoms. The van der Waals surface area contributed by atoms with Crippen LogP contribution in [0.25, 0.3) is 44.7 Å². The van der Waals surface area contributed by atoms with E-state index in [2.05, 4.69) is 83.6 Å². The highest BCUT2D eigenvalue weighted by molar-refractivity contribution is 6.00. The standard InChI is InChI=1S/C30H27N3O/c1-32-16-18-33(19-17-32)26-14-12-22(13-15-26)25-20-27-29(31-21-25)28(23-8-4-2-5-9-23)30(34-27)24-10-6-3-7-11-24/h2-15,20-21H,16-19H2,1H3. The number of hydrogen-bond donors (Lipinski definition) is 0. The Kier molecular flexibility index (Phi) is 5.36. The number of piperazine rings is 1. The van der Waals surface area contributed by atoms with Gasteiger partial charge in [-0.05, 0) is 36.4 Å². The maximum Gasteiger partial charge on any atom is 0.154 e. The SMILES string of the molecule is CN1CCN(c2ccc(-c3cnc4c(-c5ccccc5)c(-c5ccccc5)oc4c3)cc2)CC1. The zero-order valence-corrected chi connectivity index (χ0v) is 19.3. The van der Waals surface area contributed by atoms with Gasteiger partial charge in [0, 0.05) is 49.2 Å². The molecule has 3 aromatic carbocycles. The predicted octanol–water partition coefficient (Wildman–Crippen LogP) is 6.58. The lowest BCUT2D eigenvalue weighted by molar-refractivity contribution is 0.313. The highest BCUT2D eigenvalue weighted by atomic mass is 16.3. The molecule has 0 atom stereocenters. The van der Waals surface area contributed by atoms with Crippen LogP contribution >= 0.6 is 0 Å². The van der Waals surface area contributed by atoms with E-state index in [-0.39, 0.29) is 0 Å². The highest BCUT2D eigenvalue weighted by Crippen LogP contribution is 2.40. The Morgan fingerprint density at radius 3 is 2.00 bits per heavy atom. The van der Waals surface area contributed by atoms with Crippen molar-refractivity contribution in [2.75, 3.05) is 38.1 Å². The third-order valence-electron chi connectivity index (χ3n) is 6.70. The lowest BCUT2D eigenvalue weighted by Gasteiger charge is -2.34. The average molecular weight is 446 g/mol. The van der Waals surface area contributed by atoms with Crippen molar-refractivity contribution < 1.29 is 4.42 Å². The molecule has 1 aliphatic heterocycles. The number of likely N-dealkylation sites (N-methyl/N-ethyl adjacent to an activating group) is 1. The Morgan fingerprint density at radius 2 is 1.32 bits per heavy atom. The quantitative estimate of drug-likeness (QED) is 0.313. The molecule has 3 heterocycles. The molecule has 0 spiro atoms.